The maximum Gasteiger partial charge on any atom is 0.269 e. The number of rotatable bonds is 4. The van der Waals surface area contributed by atoms with Crippen LogP contribution >= 0.6 is 0 Å². The van der Waals surface area contributed by atoms with Crippen LogP contribution in [0.2, 0.25) is 0 Å². The molecule has 0 atom stereocenters. The van der Waals surface area contributed by atoms with Gasteiger partial charge in [0.15, 0.2) is 11.6 Å². The maximum absolute atomic E-state index is 13.4. The van der Waals surface area contributed by atoms with Crippen LogP contribution in [0.25, 0.3) is 0 Å². The fraction of sp³-hybridized carbons (Fsp3) is 0.0714. The number of hydrogen-bond acceptors (Lipinski definition) is 3. The Kier molecular flexibility index (Phi) is 3.97. The molecule has 0 aromatic heterocycles. The van der Waals surface area contributed by atoms with Crippen LogP contribution in [-0.2, 0) is 0 Å². The van der Waals surface area contributed by atoms with Crippen LogP contribution < -0.4 is 15.6 Å². The van der Waals surface area contributed by atoms with Crippen molar-refractivity contribution in [2.24, 2.45) is 0 Å². The summed E-state index contributed by atoms with van der Waals surface area (Å²) >= 11 is 0. The molecule has 5 heteroatoms. The smallest absolute Gasteiger partial charge is 0.269 e. The molecule has 0 heterocycles. The van der Waals surface area contributed by atoms with Gasteiger partial charge in [0.1, 0.15) is 0 Å². The first kappa shape index (κ1) is 12.9. The Bertz CT molecular complexity index is 573. The molecule has 0 bridgehead atoms. The molecule has 1 amide bonds. The molecule has 2 N–H and O–H groups in total. The van der Waals surface area contributed by atoms with Gasteiger partial charge in [-0.25, -0.2) is 4.39 Å². The second-order valence-corrected chi connectivity index (χ2v) is 3.79. The molecule has 0 fully saturated rings. The minimum absolute atomic E-state index is 0.153. The molecule has 2 aromatic rings. The van der Waals surface area contributed by atoms with Gasteiger partial charge in [-0.3, -0.25) is 15.6 Å². The first-order chi connectivity index (χ1) is 9.20. The van der Waals surface area contributed by atoms with Crippen molar-refractivity contribution >= 4 is 11.6 Å². The third-order valence-electron chi connectivity index (χ3n) is 2.51. The number of nitrogens with one attached hydrogen (secondary N) is 2. The molecule has 0 saturated heterocycles. The van der Waals surface area contributed by atoms with Crippen LogP contribution in [-0.4, -0.2) is 13.0 Å². The Morgan fingerprint density at radius 2 is 1.89 bits per heavy atom. The molecule has 2 aromatic carbocycles. The normalized spacial score (nSPS) is 9.79. The van der Waals surface area contributed by atoms with Gasteiger partial charge in [0, 0.05) is 11.6 Å². The summed E-state index contributed by atoms with van der Waals surface area (Å²) in [5, 5.41) is 0. The molecule has 98 valence electrons. The number of benzene rings is 2. The van der Waals surface area contributed by atoms with E-state index in [9.17, 15) is 9.18 Å². The Labute approximate surface area is 110 Å². The van der Waals surface area contributed by atoms with Crippen LogP contribution in [0.15, 0.2) is 48.5 Å². The summed E-state index contributed by atoms with van der Waals surface area (Å²) in [7, 11) is 1.39. The van der Waals surface area contributed by atoms with E-state index < -0.39 is 5.82 Å². The monoisotopic (exact) mass is 260 g/mol. The number of amides is 1. The fourth-order valence-corrected chi connectivity index (χ4v) is 1.53. The molecule has 4 nitrogen and oxygen atoms in total. The number of carbonyl (C=O) groups is 1. The fourth-order valence-electron chi connectivity index (χ4n) is 1.53. The zero-order valence-electron chi connectivity index (χ0n) is 10.3. The van der Waals surface area contributed by atoms with Crippen molar-refractivity contribution in [3.05, 3.63) is 59.9 Å². The minimum Gasteiger partial charge on any atom is -0.494 e. The molecule has 0 aliphatic heterocycles. The van der Waals surface area contributed by atoms with Gasteiger partial charge in [0.05, 0.1) is 12.8 Å². The van der Waals surface area contributed by atoms with Crippen molar-refractivity contribution in [3.8, 4) is 5.75 Å². The SMILES string of the molecule is COc1ccc(NNC(=O)c2ccccc2)cc1F. The molecule has 0 saturated carbocycles. The van der Waals surface area contributed by atoms with Crippen molar-refractivity contribution < 1.29 is 13.9 Å². The van der Waals surface area contributed by atoms with Crippen LogP contribution in [0.1, 0.15) is 10.4 Å². The lowest BCUT2D eigenvalue weighted by Crippen LogP contribution is -2.29. The highest BCUT2D eigenvalue weighted by Crippen LogP contribution is 2.20. The average molecular weight is 260 g/mol. The molecule has 0 unspecified atom stereocenters. The van der Waals surface area contributed by atoms with Crippen LogP contribution in [0.5, 0.6) is 5.75 Å². The average Bonchev–Trinajstić information content (AvgIpc) is 2.46. The second kappa shape index (κ2) is 5.86. The molecular formula is C14H13FN2O2. The Hall–Kier alpha value is -2.56. The van der Waals surface area contributed by atoms with Gasteiger partial charge in [-0.15, -0.1) is 0 Å². The lowest BCUT2D eigenvalue weighted by Gasteiger charge is -2.09. The van der Waals surface area contributed by atoms with Crippen molar-refractivity contribution in [3.63, 3.8) is 0 Å². The van der Waals surface area contributed by atoms with Gasteiger partial charge < -0.3 is 4.74 Å². The van der Waals surface area contributed by atoms with Gasteiger partial charge in [0.2, 0.25) is 0 Å². The summed E-state index contributed by atoms with van der Waals surface area (Å²) < 4.78 is 18.2. The minimum atomic E-state index is -0.499. The lowest BCUT2D eigenvalue weighted by atomic mass is 10.2. The predicted molar refractivity (Wildman–Crippen MR) is 70.5 cm³/mol. The highest BCUT2D eigenvalue weighted by Gasteiger charge is 2.06. The first-order valence-corrected chi connectivity index (χ1v) is 5.65. The van der Waals surface area contributed by atoms with Gasteiger partial charge in [-0.2, -0.15) is 0 Å². The van der Waals surface area contributed by atoms with Crippen LogP contribution in [0, 0.1) is 5.82 Å². The quantitative estimate of drug-likeness (QED) is 0.831. The number of halogens is 1. The molecule has 0 radical (unpaired) electrons. The maximum atomic E-state index is 13.4. The van der Waals surface area contributed by atoms with Crippen molar-refractivity contribution in [1.29, 1.82) is 0 Å². The summed E-state index contributed by atoms with van der Waals surface area (Å²) in [5.74, 6) is -0.641. The first-order valence-electron chi connectivity index (χ1n) is 5.65. The van der Waals surface area contributed by atoms with Crippen LogP contribution in [0.3, 0.4) is 0 Å². The third-order valence-corrected chi connectivity index (χ3v) is 2.51. The molecular weight excluding hydrogens is 247 g/mol. The zero-order chi connectivity index (χ0) is 13.7. The number of hydrogen-bond donors (Lipinski definition) is 2. The number of methoxy groups -OCH3 is 1. The standard InChI is InChI=1S/C14H13FN2O2/c1-19-13-8-7-11(9-12(13)15)16-17-14(18)10-5-3-2-4-6-10/h2-9,16H,1H3,(H,17,18). The van der Waals surface area contributed by atoms with E-state index in [1.54, 1.807) is 30.3 Å². The van der Waals surface area contributed by atoms with Gasteiger partial charge >= 0.3 is 0 Å². The number of ether oxygens (including phenoxy) is 1. The van der Waals surface area contributed by atoms with E-state index in [4.69, 9.17) is 4.74 Å². The molecule has 0 aliphatic rings. The zero-order valence-corrected chi connectivity index (χ0v) is 10.3. The lowest BCUT2D eigenvalue weighted by molar-refractivity contribution is 0.0962. The van der Waals surface area contributed by atoms with Gasteiger partial charge in [-0.05, 0) is 24.3 Å². The van der Waals surface area contributed by atoms with E-state index >= 15 is 0 Å². The summed E-state index contributed by atoms with van der Waals surface area (Å²) in [6.45, 7) is 0. The Morgan fingerprint density at radius 3 is 2.53 bits per heavy atom. The number of carbonyl (C=O) groups excluding carboxylic acids is 1. The van der Waals surface area contributed by atoms with E-state index in [1.165, 1.54) is 19.2 Å². The molecule has 19 heavy (non-hydrogen) atoms. The summed E-state index contributed by atoms with van der Waals surface area (Å²) in [6.07, 6.45) is 0. The third kappa shape index (κ3) is 3.22. The highest BCUT2D eigenvalue weighted by atomic mass is 19.1. The van der Waals surface area contributed by atoms with Crippen LogP contribution in [0.4, 0.5) is 10.1 Å². The van der Waals surface area contributed by atoms with Gasteiger partial charge in [-0.1, -0.05) is 18.2 Å². The van der Waals surface area contributed by atoms with Crippen molar-refractivity contribution in [2.75, 3.05) is 12.5 Å². The van der Waals surface area contributed by atoms with E-state index in [1.807, 2.05) is 6.07 Å². The van der Waals surface area contributed by atoms with E-state index in [2.05, 4.69) is 10.9 Å². The topological polar surface area (TPSA) is 50.4 Å². The van der Waals surface area contributed by atoms with E-state index in [-0.39, 0.29) is 11.7 Å². The summed E-state index contributed by atoms with van der Waals surface area (Å²) in [5.41, 5.74) is 6.07. The Balaban J connectivity index is 1.99. The molecule has 0 aliphatic carbocycles. The molecule has 2 rings (SSSR count). The van der Waals surface area contributed by atoms with Gasteiger partial charge in [0.25, 0.3) is 5.91 Å². The largest absolute Gasteiger partial charge is 0.494 e. The van der Waals surface area contributed by atoms with Crippen molar-refractivity contribution in [2.45, 2.75) is 0 Å². The molecule has 0 spiro atoms. The summed E-state index contributed by atoms with van der Waals surface area (Å²) in [6, 6.07) is 13.0. The van der Waals surface area contributed by atoms with E-state index in [0.29, 0.717) is 11.3 Å². The highest BCUT2D eigenvalue weighted by molar-refractivity contribution is 5.94. The summed E-state index contributed by atoms with van der Waals surface area (Å²) in [4.78, 5) is 11.7. The predicted octanol–water partition coefficient (Wildman–Crippen LogP) is 2.59. The number of anilines is 1. The second-order valence-electron chi connectivity index (χ2n) is 3.79. The van der Waals surface area contributed by atoms with E-state index in [0.717, 1.165) is 0 Å². The number of hydrazine groups is 1. The Morgan fingerprint density at radius 1 is 1.16 bits per heavy atom. The van der Waals surface area contributed by atoms with Crippen molar-refractivity contribution in [1.82, 2.24) is 5.43 Å².